The molecule has 1 fully saturated rings. The van der Waals surface area contributed by atoms with Crippen LogP contribution in [0.15, 0.2) is 27.4 Å². The fourth-order valence-corrected chi connectivity index (χ4v) is 3.63. The van der Waals surface area contributed by atoms with Crippen LogP contribution in [0.1, 0.15) is 30.4 Å². The number of rotatable bonds is 9. The average Bonchev–Trinajstić information content (AvgIpc) is 2.73. The maximum absolute atomic E-state index is 12.4. The SMILES string of the molecule is COc1ccc2c(C)c(CCC(=O)NCCCCN3CCOCC3)c(=O)oc2c1. The zero-order valence-electron chi connectivity index (χ0n) is 17.3. The van der Waals surface area contributed by atoms with Gasteiger partial charge in [0.05, 0.1) is 20.3 Å². The average molecular weight is 402 g/mol. The molecule has 3 rings (SSSR count). The minimum Gasteiger partial charge on any atom is -0.497 e. The van der Waals surface area contributed by atoms with Gasteiger partial charge in [0.15, 0.2) is 0 Å². The summed E-state index contributed by atoms with van der Waals surface area (Å²) >= 11 is 0. The molecular weight excluding hydrogens is 372 g/mol. The molecule has 1 aliphatic rings. The highest BCUT2D eigenvalue weighted by Crippen LogP contribution is 2.24. The van der Waals surface area contributed by atoms with Gasteiger partial charge >= 0.3 is 5.63 Å². The topological polar surface area (TPSA) is 81.0 Å². The number of amides is 1. The Bertz CT molecular complexity index is 887. The lowest BCUT2D eigenvalue weighted by atomic mass is 10.0. The molecule has 7 nitrogen and oxygen atoms in total. The first-order valence-corrected chi connectivity index (χ1v) is 10.3. The molecule has 158 valence electrons. The monoisotopic (exact) mass is 402 g/mol. The maximum Gasteiger partial charge on any atom is 0.339 e. The number of fused-ring (bicyclic) bond motifs is 1. The van der Waals surface area contributed by atoms with Gasteiger partial charge < -0.3 is 19.2 Å². The van der Waals surface area contributed by atoms with E-state index >= 15 is 0 Å². The van der Waals surface area contributed by atoms with Crippen molar-refractivity contribution in [3.05, 3.63) is 39.7 Å². The summed E-state index contributed by atoms with van der Waals surface area (Å²) in [4.78, 5) is 26.9. The molecule has 0 atom stereocenters. The summed E-state index contributed by atoms with van der Waals surface area (Å²) in [5.41, 5.74) is 1.53. The van der Waals surface area contributed by atoms with Crippen LogP contribution in [0.2, 0.25) is 0 Å². The van der Waals surface area contributed by atoms with Crippen molar-refractivity contribution in [3.63, 3.8) is 0 Å². The molecule has 1 aromatic heterocycles. The predicted octanol–water partition coefficient (Wildman–Crippen LogP) is 2.27. The Hall–Kier alpha value is -2.38. The Morgan fingerprint density at radius 2 is 2.03 bits per heavy atom. The summed E-state index contributed by atoms with van der Waals surface area (Å²) in [5, 5.41) is 3.82. The number of ether oxygens (including phenoxy) is 2. The molecule has 1 saturated heterocycles. The van der Waals surface area contributed by atoms with E-state index in [1.54, 1.807) is 13.2 Å². The van der Waals surface area contributed by atoms with E-state index in [0.29, 0.717) is 29.9 Å². The number of morpholine rings is 1. The van der Waals surface area contributed by atoms with Gasteiger partial charge in [-0.25, -0.2) is 4.79 Å². The summed E-state index contributed by atoms with van der Waals surface area (Å²) in [6.45, 7) is 7.21. The molecular formula is C22H30N2O5. The lowest BCUT2D eigenvalue weighted by Gasteiger charge is -2.26. The number of carbonyl (C=O) groups is 1. The van der Waals surface area contributed by atoms with E-state index in [9.17, 15) is 9.59 Å². The first-order chi connectivity index (χ1) is 14.1. The molecule has 29 heavy (non-hydrogen) atoms. The normalized spacial score (nSPS) is 14.8. The molecule has 7 heteroatoms. The van der Waals surface area contributed by atoms with Crippen molar-refractivity contribution in [2.75, 3.05) is 46.5 Å². The van der Waals surface area contributed by atoms with Crippen molar-refractivity contribution in [1.29, 1.82) is 0 Å². The van der Waals surface area contributed by atoms with Crippen LogP contribution in [0.25, 0.3) is 11.0 Å². The molecule has 2 aromatic rings. The van der Waals surface area contributed by atoms with Crippen LogP contribution in [-0.2, 0) is 16.0 Å². The van der Waals surface area contributed by atoms with Crippen LogP contribution in [0, 0.1) is 6.92 Å². The minimum absolute atomic E-state index is 0.0370. The van der Waals surface area contributed by atoms with E-state index < -0.39 is 0 Å². The predicted molar refractivity (Wildman–Crippen MR) is 112 cm³/mol. The lowest BCUT2D eigenvalue weighted by molar-refractivity contribution is -0.121. The zero-order valence-corrected chi connectivity index (χ0v) is 17.3. The fraction of sp³-hybridized carbons (Fsp3) is 0.545. The summed E-state index contributed by atoms with van der Waals surface area (Å²) in [7, 11) is 1.57. The van der Waals surface area contributed by atoms with Crippen LogP contribution >= 0.6 is 0 Å². The minimum atomic E-state index is -0.387. The molecule has 2 heterocycles. The van der Waals surface area contributed by atoms with E-state index in [1.807, 2.05) is 19.1 Å². The summed E-state index contributed by atoms with van der Waals surface area (Å²) in [6, 6.07) is 5.42. The van der Waals surface area contributed by atoms with Crippen molar-refractivity contribution in [1.82, 2.24) is 10.2 Å². The van der Waals surface area contributed by atoms with Crippen molar-refractivity contribution in [2.45, 2.75) is 32.6 Å². The highest BCUT2D eigenvalue weighted by molar-refractivity contribution is 5.82. The number of aryl methyl sites for hydroxylation is 1. The van der Waals surface area contributed by atoms with Gasteiger partial charge in [-0.1, -0.05) is 0 Å². The Morgan fingerprint density at radius 3 is 2.79 bits per heavy atom. The van der Waals surface area contributed by atoms with Crippen molar-refractivity contribution in [3.8, 4) is 5.75 Å². The third kappa shape index (κ3) is 5.81. The van der Waals surface area contributed by atoms with Crippen LogP contribution in [-0.4, -0.2) is 57.3 Å². The lowest BCUT2D eigenvalue weighted by Crippen LogP contribution is -2.37. The molecule has 0 spiro atoms. The van der Waals surface area contributed by atoms with Crippen LogP contribution in [0.4, 0.5) is 0 Å². The number of nitrogens with zero attached hydrogens (tertiary/aromatic N) is 1. The third-order valence-corrected chi connectivity index (χ3v) is 5.42. The number of hydrogen-bond donors (Lipinski definition) is 1. The van der Waals surface area contributed by atoms with Gasteiger partial charge in [0, 0.05) is 43.1 Å². The molecule has 1 aromatic carbocycles. The Balaban J connectivity index is 1.46. The first kappa shape index (κ1) is 21.3. The van der Waals surface area contributed by atoms with Crippen LogP contribution < -0.4 is 15.7 Å². The maximum atomic E-state index is 12.4. The standard InChI is InChI=1S/C22H30N2O5/c1-16-18-6-5-17(27-2)15-20(18)29-22(26)19(16)7-8-21(25)23-9-3-4-10-24-11-13-28-14-12-24/h5-6,15H,3-4,7-14H2,1-2H3,(H,23,25). The van der Waals surface area contributed by atoms with Gasteiger partial charge in [-0.15, -0.1) is 0 Å². The number of methoxy groups -OCH3 is 1. The summed E-state index contributed by atoms with van der Waals surface area (Å²) in [6.07, 6.45) is 2.64. The molecule has 0 unspecified atom stereocenters. The molecule has 0 saturated carbocycles. The van der Waals surface area contributed by atoms with Gasteiger partial charge in [0.2, 0.25) is 5.91 Å². The van der Waals surface area contributed by atoms with Gasteiger partial charge in [-0.05, 0) is 50.4 Å². The van der Waals surface area contributed by atoms with E-state index in [1.165, 1.54) is 0 Å². The second-order valence-electron chi connectivity index (χ2n) is 7.37. The number of carbonyl (C=O) groups excluding carboxylic acids is 1. The van der Waals surface area contributed by atoms with Gasteiger partial charge in [-0.3, -0.25) is 9.69 Å². The number of nitrogens with one attached hydrogen (secondary N) is 1. The van der Waals surface area contributed by atoms with E-state index in [2.05, 4.69) is 10.2 Å². The molecule has 1 amide bonds. The quantitative estimate of drug-likeness (QED) is 0.512. The molecule has 1 aliphatic heterocycles. The van der Waals surface area contributed by atoms with E-state index in [0.717, 1.165) is 56.6 Å². The van der Waals surface area contributed by atoms with Crippen LogP contribution in [0.5, 0.6) is 5.75 Å². The van der Waals surface area contributed by atoms with Crippen molar-refractivity contribution < 1.29 is 18.7 Å². The summed E-state index contributed by atoms with van der Waals surface area (Å²) in [5.74, 6) is 0.603. The Labute approximate surface area is 171 Å². The largest absolute Gasteiger partial charge is 0.497 e. The second kappa shape index (κ2) is 10.4. The van der Waals surface area contributed by atoms with Gasteiger partial charge in [0.1, 0.15) is 11.3 Å². The zero-order chi connectivity index (χ0) is 20.6. The van der Waals surface area contributed by atoms with Crippen molar-refractivity contribution >= 4 is 16.9 Å². The first-order valence-electron chi connectivity index (χ1n) is 10.3. The summed E-state index contributed by atoms with van der Waals surface area (Å²) < 4.78 is 16.0. The highest BCUT2D eigenvalue weighted by atomic mass is 16.5. The molecule has 0 aliphatic carbocycles. The molecule has 0 radical (unpaired) electrons. The highest BCUT2D eigenvalue weighted by Gasteiger charge is 2.14. The number of hydrogen-bond acceptors (Lipinski definition) is 6. The van der Waals surface area contributed by atoms with E-state index in [-0.39, 0.29) is 18.0 Å². The third-order valence-electron chi connectivity index (χ3n) is 5.42. The Kier molecular flexibility index (Phi) is 7.66. The van der Waals surface area contributed by atoms with Crippen molar-refractivity contribution in [2.24, 2.45) is 0 Å². The van der Waals surface area contributed by atoms with E-state index in [4.69, 9.17) is 13.9 Å². The number of unbranched alkanes of at least 4 members (excludes halogenated alkanes) is 1. The molecule has 0 bridgehead atoms. The van der Waals surface area contributed by atoms with Crippen LogP contribution in [0.3, 0.4) is 0 Å². The molecule has 1 N–H and O–H groups in total. The fourth-order valence-electron chi connectivity index (χ4n) is 3.63. The van der Waals surface area contributed by atoms with Gasteiger partial charge in [0.25, 0.3) is 0 Å². The smallest absolute Gasteiger partial charge is 0.339 e. The Morgan fingerprint density at radius 1 is 1.24 bits per heavy atom. The van der Waals surface area contributed by atoms with Gasteiger partial charge in [-0.2, -0.15) is 0 Å². The second-order valence-corrected chi connectivity index (χ2v) is 7.37. The number of benzene rings is 1.